The average molecular weight is 300 g/mol. The van der Waals surface area contributed by atoms with E-state index in [4.69, 9.17) is 9.47 Å². The first-order chi connectivity index (χ1) is 10.2. The third-order valence-electron chi connectivity index (χ3n) is 3.84. The van der Waals surface area contributed by atoms with Gasteiger partial charge in [0.1, 0.15) is 5.82 Å². The van der Waals surface area contributed by atoms with Crippen molar-refractivity contribution >= 4 is 0 Å². The highest BCUT2D eigenvalue weighted by Crippen LogP contribution is 2.35. The van der Waals surface area contributed by atoms with E-state index in [9.17, 15) is 8.78 Å². The number of methoxy groups -OCH3 is 2. The molecule has 1 aromatic rings. The SMILES string of the molecule is COc1cc(F)c([C@@H](CCF)N2CCNCC2)cc1OC. The van der Waals surface area contributed by atoms with Crippen molar-refractivity contribution in [3.8, 4) is 11.5 Å². The zero-order valence-electron chi connectivity index (χ0n) is 12.5. The van der Waals surface area contributed by atoms with Gasteiger partial charge in [-0.15, -0.1) is 0 Å². The minimum Gasteiger partial charge on any atom is -0.493 e. The van der Waals surface area contributed by atoms with Crippen LogP contribution in [0.25, 0.3) is 0 Å². The number of halogens is 2. The summed E-state index contributed by atoms with van der Waals surface area (Å²) < 4.78 is 37.6. The van der Waals surface area contributed by atoms with Gasteiger partial charge in [-0.25, -0.2) is 4.39 Å². The minimum atomic E-state index is -0.484. The Bertz CT molecular complexity index is 465. The molecular weight excluding hydrogens is 278 g/mol. The van der Waals surface area contributed by atoms with Gasteiger partial charge in [-0.1, -0.05) is 0 Å². The zero-order valence-corrected chi connectivity index (χ0v) is 12.5. The molecule has 1 aromatic carbocycles. The van der Waals surface area contributed by atoms with Crippen molar-refractivity contribution in [3.05, 3.63) is 23.5 Å². The fourth-order valence-corrected chi connectivity index (χ4v) is 2.76. The van der Waals surface area contributed by atoms with Gasteiger partial charge in [0.15, 0.2) is 11.5 Å². The number of ether oxygens (including phenoxy) is 2. The summed E-state index contributed by atoms with van der Waals surface area (Å²) in [6.45, 7) is 2.73. The lowest BCUT2D eigenvalue weighted by molar-refractivity contribution is 0.154. The molecule has 1 saturated heterocycles. The molecule has 0 unspecified atom stereocenters. The molecule has 118 valence electrons. The molecule has 1 aliphatic heterocycles. The summed E-state index contributed by atoms with van der Waals surface area (Å²) in [5.74, 6) is 0.426. The lowest BCUT2D eigenvalue weighted by Crippen LogP contribution is -2.45. The van der Waals surface area contributed by atoms with Crippen LogP contribution in [0.2, 0.25) is 0 Å². The third kappa shape index (κ3) is 3.63. The third-order valence-corrected chi connectivity index (χ3v) is 3.84. The van der Waals surface area contributed by atoms with Crippen LogP contribution in [0, 0.1) is 5.82 Å². The molecule has 0 radical (unpaired) electrons. The molecule has 0 amide bonds. The summed E-state index contributed by atoms with van der Waals surface area (Å²) in [5.41, 5.74) is 0.465. The monoisotopic (exact) mass is 300 g/mol. The van der Waals surface area contributed by atoms with Crippen molar-refractivity contribution in [3.63, 3.8) is 0 Å². The standard InChI is InChI=1S/C15H22F2N2O2/c1-20-14-9-11(12(17)10-15(14)21-2)13(3-4-16)19-7-5-18-6-8-19/h9-10,13,18H,3-8H2,1-2H3/t13-/m1/s1. The number of nitrogens with zero attached hydrogens (tertiary/aromatic N) is 1. The van der Waals surface area contributed by atoms with E-state index in [1.807, 2.05) is 0 Å². The van der Waals surface area contributed by atoms with E-state index in [1.54, 1.807) is 6.07 Å². The molecular formula is C15H22F2N2O2. The first-order valence-corrected chi connectivity index (χ1v) is 7.13. The molecule has 1 fully saturated rings. The van der Waals surface area contributed by atoms with E-state index in [1.165, 1.54) is 20.3 Å². The van der Waals surface area contributed by atoms with E-state index < -0.39 is 6.67 Å². The van der Waals surface area contributed by atoms with Gasteiger partial charge >= 0.3 is 0 Å². The van der Waals surface area contributed by atoms with Gasteiger partial charge in [0.2, 0.25) is 0 Å². The Morgan fingerprint density at radius 1 is 1.19 bits per heavy atom. The second kappa shape index (κ2) is 7.56. The molecule has 4 nitrogen and oxygen atoms in total. The fourth-order valence-electron chi connectivity index (χ4n) is 2.76. The maximum Gasteiger partial charge on any atom is 0.163 e. The minimum absolute atomic E-state index is 0.270. The smallest absolute Gasteiger partial charge is 0.163 e. The number of hydrogen-bond acceptors (Lipinski definition) is 4. The normalized spacial score (nSPS) is 17.5. The van der Waals surface area contributed by atoms with Crippen LogP contribution >= 0.6 is 0 Å². The van der Waals surface area contributed by atoms with Crippen LogP contribution in [0.5, 0.6) is 11.5 Å². The van der Waals surface area contributed by atoms with Crippen LogP contribution in [0.3, 0.4) is 0 Å². The van der Waals surface area contributed by atoms with Crippen LogP contribution < -0.4 is 14.8 Å². The predicted molar refractivity (Wildman–Crippen MR) is 77.3 cm³/mol. The lowest BCUT2D eigenvalue weighted by atomic mass is 10.00. The van der Waals surface area contributed by atoms with Crippen molar-refractivity contribution in [2.75, 3.05) is 47.1 Å². The molecule has 1 aliphatic rings. The summed E-state index contributed by atoms with van der Waals surface area (Å²) in [6.07, 6.45) is 0.270. The maximum atomic E-state index is 14.4. The molecule has 6 heteroatoms. The van der Waals surface area contributed by atoms with Crippen LogP contribution in [0.15, 0.2) is 12.1 Å². The second-order valence-corrected chi connectivity index (χ2v) is 5.01. The van der Waals surface area contributed by atoms with E-state index in [-0.39, 0.29) is 18.3 Å². The zero-order chi connectivity index (χ0) is 15.2. The largest absolute Gasteiger partial charge is 0.493 e. The Balaban J connectivity index is 2.34. The quantitative estimate of drug-likeness (QED) is 0.873. The molecule has 1 heterocycles. The average Bonchev–Trinajstić information content (AvgIpc) is 2.53. The Hall–Kier alpha value is -1.40. The van der Waals surface area contributed by atoms with E-state index in [2.05, 4.69) is 10.2 Å². The number of alkyl halides is 1. The van der Waals surface area contributed by atoms with Crippen molar-refractivity contribution < 1.29 is 18.3 Å². The Morgan fingerprint density at radius 3 is 2.38 bits per heavy atom. The number of benzene rings is 1. The molecule has 0 aliphatic carbocycles. The number of piperazine rings is 1. The summed E-state index contributed by atoms with van der Waals surface area (Å²) in [7, 11) is 2.97. The molecule has 0 aromatic heterocycles. The Labute approximate surface area is 124 Å². The number of hydrogen-bond donors (Lipinski definition) is 1. The van der Waals surface area contributed by atoms with Gasteiger partial charge in [0, 0.05) is 43.9 Å². The van der Waals surface area contributed by atoms with Gasteiger partial charge in [0.25, 0.3) is 0 Å². The molecule has 0 bridgehead atoms. The summed E-state index contributed by atoms with van der Waals surface area (Å²) >= 11 is 0. The Morgan fingerprint density at radius 2 is 1.81 bits per heavy atom. The van der Waals surface area contributed by atoms with Crippen molar-refractivity contribution in [1.29, 1.82) is 0 Å². The first kappa shape index (κ1) is 16.0. The molecule has 0 saturated carbocycles. The molecule has 2 rings (SSSR count). The fraction of sp³-hybridized carbons (Fsp3) is 0.600. The lowest BCUT2D eigenvalue weighted by Gasteiger charge is -2.35. The predicted octanol–water partition coefficient (Wildman–Crippen LogP) is 2.15. The van der Waals surface area contributed by atoms with Crippen LogP contribution in [0.1, 0.15) is 18.0 Å². The van der Waals surface area contributed by atoms with E-state index >= 15 is 0 Å². The highest BCUT2D eigenvalue weighted by Gasteiger charge is 2.26. The number of rotatable bonds is 6. The van der Waals surface area contributed by atoms with Gasteiger partial charge in [-0.2, -0.15) is 0 Å². The maximum absolute atomic E-state index is 14.4. The van der Waals surface area contributed by atoms with E-state index in [0.29, 0.717) is 17.1 Å². The van der Waals surface area contributed by atoms with Crippen molar-refractivity contribution in [2.45, 2.75) is 12.5 Å². The molecule has 1 N–H and O–H groups in total. The highest BCUT2D eigenvalue weighted by atomic mass is 19.1. The van der Waals surface area contributed by atoms with E-state index in [0.717, 1.165) is 26.2 Å². The summed E-state index contributed by atoms with van der Waals surface area (Å²) in [5, 5.41) is 3.24. The summed E-state index contributed by atoms with van der Waals surface area (Å²) in [4.78, 5) is 2.11. The number of nitrogens with one attached hydrogen (secondary N) is 1. The van der Waals surface area contributed by atoms with Crippen LogP contribution in [0.4, 0.5) is 8.78 Å². The second-order valence-electron chi connectivity index (χ2n) is 5.01. The topological polar surface area (TPSA) is 33.7 Å². The first-order valence-electron chi connectivity index (χ1n) is 7.13. The van der Waals surface area contributed by atoms with Crippen LogP contribution in [-0.2, 0) is 0 Å². The van der Waals surface area contributed by atoms with Crippen molar-refractivity contribution in [1.82, 2.24) is 10.2 Å². The van der Waals surface area contributed by atoms with Crippen molar-refractivity contribution in [2.24, 2.45) is 0 Å². The molecule has 21 heavy (non-hydrogen) atoms. The molecule has 0 spiro atoms. The van der Waals surface area contributed by atoms with Gasteiger partial charge in [-0.3, -0.25) is 9.29 Å². The van der Waals surface area contributed by atoms with Crippen LogP contribution in [-0.4, -0.2) is 52.0 Å². The van der Waals surface area contributed by atoms with Gasteiger partial charge in [-0.05, 0) is 12.5 Å². The Kier molecular flexibility index (Phi) is 5.76. The highest BCUT2D eigenvalue weighted by molar-refractivity contribution is 5.44. The van der Waals surface area contributed by atoms with Gasteiger partial charge < -0.3 is 14.8 Å². The summed E-state index contributed by atoms with van der Waals surface area (Å²) in [6, 6.07) is 2.65. The molecule has 1 atom stereocenters. The van der Waals surface area contributed by atoms with Gasteiger partial charge in [0.05, 0.1) is 20.9 Å².